The van der Waals surface area contributed by atoms with Crippen LogP contribution in [0.1, 0.15) is 37.9 Å². The molecule has 6 heteroatoms. The molecular formula is C22H18FN2O3. The van der Waals surface area contributed by atoms with Crippen LogP contribution >= 0.6 is 0 Å². The van der Waals surface area contributed by atoms with Crippen molar-refractivity contribution in [1.82, 2.24) is 5.43 Å². The number of hydrazine groups is 1. The molecule has 0 saturated carbocycles. The molecule has 0 spiro atoms. The predicted octanol–water partition coefficient (Wildman–Crippen LogP) is 3.22. The van der Waals surface area contributed by atoms with E-state index in [1.54, 1.807) is 0 Å². The van der Waals surface area contributed by atoms with Gasteiger partial charge < -0.3 is 4.74 Å². The summed E-state index contributed by atoms with van der Waals surface area (Å²) in [4.78, 5) is 23.9. The Morgan fingerprint density at radius 1 is 0.964 bits per heavy atom. The molecule has 0 heterocycles. The molecule has 1 amide bonds. The van der Waals surface area contributed by atoms with Crippen molar-refractivity contribution in [2.45, 2.75) is 6.10 Å². The summed E-state index contributed by atoms with van der Waals surface area (Å²) < 4.78 is 20.1. The van der Waals surface area contributed by atoms with Crippen LogP contribution in [0.25, 0.3) is 0 Å². The monoisotopic (exact) mass is 377 g/mol. The van der Waals surface area contributed by atoms with E-state index in [0.29, 0.717) is 0 Å². The molecule has 0 fully saturated rings. The molecule has 0 aromatic heterocycles. The Morgan fingerprint density at radius 3 is 2.04 bits per heavy atom. The third-order valence-electron chi connectivity index (χ3n) is 4.16. The molecule has 3 rings (SSSR count). The maximum atomic E-state index is 14.2. The van der Waals surface area contributed by atoms with Crippen LogP contribution in [0.5, 0.6) is 0 Å². The van der Waals surface area contributed by atoms with Gasteiger partial charge in [-0.2, -0.15) is 0 Å². The van der Waals surface area contributed by atoms with Crippen LogP contribution in [0.3, 0.4) is 0 Å². The van der Waals surface area contributed by atoms with E-state index in [9.17, 15) is 14.0 Å². The second-order valence-electron chi connectivity index (χ2n) is 6.01. The van der Waals surface area contributed by atoms with Crippen molar-refractivity contribution in [3.63, 3.8) is 0 Å². The Labute approximate surface area is 161 Å². The number of carbonyl (C=O) groups excluding carboxylic acids is 2. The molecule has 0 aliphatic heterocycles. The van der Waals surface area contributed by atoms with Crippen LogP contribution in [-0.4, -0.2) is 18.3 Å². The molecule has 0 bridgehead atoms. The van der Waals surface area contributed by atoms with Gasteiger partial charge in [0.25, 0.3) is 5.91 Å². The number of Topliss-reactive ketones (excluding diaryl/α,β-unsaturated/α-hetero) is 1. The van der Waals surface area contributed by atoms with Crippen LogP contribution < -0.4 is 11.3 Å². The number of carbonyl (C=O) groups is 2. The first kappa shape index (κ1) is 19.4. The molecular weight excluding hydrogens is 359 g/mol. The quantitative estimate of drug-likeness (QED) is 0.287. The maximum absolute atomic E-state index is 14.2. The first-order valence-corrected chi connectivity index (χ1v) is 8.57. The van der Waals surface area contributed by atoms with Crippen molar-refractivity contribution in [2.24, 2.45) is 5.84 Å². The zero-order valence-corrected chi connectivity index (χ0v) is 14.9. The van der Waals surface area contributed by atoms with Gasteiger partial charge >= 0.3 is 0 Å². The molecule has 0 aliphatic carbocycles. The lowest BCUT2D eigenvalue weighted by Crippen LogP contribution is -2.30. The van der Waals surface area contributed by atoms with E-state index in [-0.39, 0.29) is 17.7 Å². The average Bonchev–Trinajstić information content (AvgIpc) is 2.74. The number of hydrogen-bond acceptors (Lipinski definition) is 4. The summed E-state index contributed by atoms with van der Waals surface area (Å²) in [5, 5.41) is 0. The first-order chi connectivity index (χ1) is 13.6. The highest BCUT2D eigenvalue weighted by atomic mass is 19.1. The Morgan fingerprint density at radius 2 is 1.54 bits per heavy atom. The lowest BCUT2D eigenvalue weighted by atomic mass is 10.0. The number of ketones is 1. The normalized spacial score (nSPS) is 10.7. The summed E-state index contributed by atoms with van der Waals surface area (Å²) in [6.45, 7) is -0.332. The molecule has 0 saturated heterocycles. The predicted molar refractivity (Wildman–Crippen MR) is 102 cm³/mol. The minimum absolute atomic E-state index is 0.0936. The molecule has 3 N–H and O–H groups in total. The highest BCUT2D eigenvalue weighted by Gasteiger charge is 2.19. The molecule has 3 aromatic rings. The molecule has 0 atom stereocenters. The fraction of sp³-hybridized carbons (Fsp3) is 0.0909. The van der Waals surface area contributed by atoms with Gasteiger partial charge in [-0.25, -0.2) is 10.2 Å². The van der Waals surface area contributed by atoms with Crippen LogP contribution in [0.2, 0.25) is 0 Å². The number of nitrogens with two attached hydrogens (primary N) is 1. The van der Waals surface area contributed by atoms with Gasteiger partial charge in [0.15, 0.2) is 5.78 Å². The van der Waals surface area contributed by atoms with Crippen LogP contribution in [0.4, 0.5) is 4.39 Å². The minimum atomic E-state index is -0.925. The van der Waals surface area contributed by atoms with E-state index in [4.69, 9.17) is 10.6 Å². The van der Waals surface area contributed by atoms with Gasteiger partial charge in [0, 0.05) is 6.07 Å². The van der Waals surface area contributed by atoms with Gasteiger partial charge in [0.05, 0.1) is 11.1 Å². The standard InChI is InChI=1S/C22H18FN2O3/c23-19-13-17(22(27)25-24)11-12-18(19)20(26)14-28-21(15-7-3-1-4-8-15)16-9-5-2-6-10-16/h1-12,21H,14,24H2,(H,25,27). The largest absolute Gasteiger partial charge is 0.361 e. The fourth-order valence-electron chi connectivity index (χ4n) is 2.77. The van der Waals surface area contributed by atoms with E-state index < -0.39 is 23.6 Å². The van der Waals surface area contributed by atoms with Gasteiger partial charge in [-0.05, 0) is 23.3 Å². The van der Waals surface area contributed by atoms with Crippen molar-refractivity contribution in [3.8, 4) is 0 Å². The zero-order chi connectivity index (χ0) is 19.9. The third-order valence-corrected chi connectivity index (χ3v) is 4.16. The number of nitrogens with one attached hydrogen (secondary N) is 1. The topological polar surface area (TPSA) is 81.4 Å². The number of rotatable bonds is 7. The van der Waals surface area contributed by atoms with Crippen LogP contribution in [0, 0.1) is 11.9 Å². The van der Waals surface area contributed by atoms with Crippen molar-refractivity contribution < 1.29 is 18.7 Å². The van der Waals surface area contributed by atoms with E-state index >= 15 is 0 Å². The number of hydrogen-bond donors (Lipinski definition) is 2. The Kier molecular flexibility index (Phi) is 6.26. The molecule has 141 valence electrons. The Bertz CT molecular complexity index is 923. The van der Waals surface area contributed by atoms with Crippen molar-refractivity contribution in [1.29, 1.82) is 0 Å². The number of nitrogen functional groups attached to an aromatic ring is 1. The Balaban J connectivity index is 1.78. The van der Waals surface area contributed by atoms with Crippen LogP contribution in [0.15, 0.2) is 72.8 Å². The summed E-state index contributed by atoms with van der Waals surface area (Å²) in [7, 11) is 0. The van der Waals surface area contributed by atoms with Gasteiger partial charge in [-0.1, -0.05) is 60.7 Å². The summed E-state index contributed by atoms with van der Waals surface area (Å²) in [5.74, 6) is 2.85. The van der Waals surface area contributed by atoms with Gasteiger partial charge in [-0.3, -0.25) is 15.0 Å². The van der Waals surface area contributed by atoms with Gasteiger partial charge in [0.1, 0.15) is 18.5 Å². The number of ether oxygens (including phenoxy) is 1. The summed E-state index contributed by atoms with van der Waals surface area (Å²) in [6.07, 6.45) is -0.472. The van der Waals surface area contributed by atoms with Crippen molar-refractivity contribution in [2.75, 3.05) is 6.61 Å². The smallest absolute Gasteiger partial charge is 0.265 e. The maximum Gasteiger partial charge on any atom is 0.265 e. The second-order valence-corrected chi connectivity index (χ2v) is 6.01. The Hall–Kier alpha value is -3.35. The van der Waals surface area contributed by atoms with E-state index in [0.717, 1.165) is 11.1 Å². The molecule has 0 aliphatic rings. The van der Waals surface area contributed by atoms with E-state index in [2.05, 4.69) is 6.07 Å². The van der Waals surface area contributed by atoms with Crippen molar-refractivity contribution >= 4 is 11.7 Å². The second kappa shape index (κ2) is 9.03. The van der Waals surface area contributed by atoms with E-state index in [1.165, 1.54) is 12.1 Å². The summed E-state index contributed by atoms with van der Waals surface area (Å²) in [6, 6.07) is 23.6. The lowest BCUT2D eigenvalue weighted by Gasteiger charge is -2.18. The summed E-state index contributed by atoms with van der Waals surface area (Å²) >= 11 is 0. The average molecular weight is 377 g/mol. The zero-order valence-electron chi connectivity index (χ0n) is 14.9. The van der Waals surface area contributed by atoms with Gasteiger partial charge in [-0.15, -0.1) is 0 Å². The summed E-state index contributed by atoms with van der Waals surface area (Å²) in [5.41, 5.74) is 3.35. The SMILES string of the molecule is NNC(=O)c1[c]c(F)c(C(=O)COC(c2ccccc2)c2ccccc2)cc1. The molecule has 3 aromatic carbocycles. The van der Waals surface area contributed by atoms with E-state index in [1.807, 2.05) is 66.1 Å². The highest BCUT2D eigenvalue weighted by molar-refractivity contribution is 5.99. The molecule has 5 nitrogen and oxygen atoms in total. The fourth-order valence-corrected chi connectivity index (χ4v) is 2.77. The first-order valence-electron chi connectivity index (χ1n) is 8.57. The number of amides is 1. The third kappa shape index (κ3) is 4.49. The molecule has 28 heavy (non-hydrogen) atoms. The molecule has 0 unspecified atom stereocenters. The number of halogens is 1. The minimum Gasteiger partial charge on any atom is -0.361 e. The molecule has 1 radical (unpaired) electrons. The van der Waals surface area contributed by atoms with Crippen LogP contribution in [-0.2, 0) is 4.74 Å². The lowest BCUT2D eigenvalue weighted by molar-refractivity contribution is 0.0587. The van der Waals surface area contributed by atoms with Gasteiger partial charge in [0.2, 0.25) is 0 Å². The van der Waals surface area contributed by atoms with Crippen molar-refractivity contribution in [3.05, 3.63) is 107 Å². The number of benzene rings is 3. The highest BCUT2D eigenvalue weighted by Crippen LogP contribution is 2.26.